The summed E-state index contributed by atoms with van der Waals surface area (Å²) in [6.45, 7) is 6.48. The third kappa shape index (κ3) is 55.4. The molecule has 0 aromatic carbocycles. The van der Waals surface area contributed by atoms with E-state index < -0.39 is 6.10 Å². The molecule has 0 rings (SSSR count). The Bertz CT molecular complexity index is 1330. The molecule has 0 N–H and O–H groups in total. The van der Waals surface area contributed by atoms with Crippen LogP contribution >= 0.6 is 0 Å². The second-order valence-electron chi connectivity index (χ2n) is 19.2. The second kappa shape index (κ2) is 57.2. The van der Waals surface area contributed by atoms with Crippen molar-refractivity contribution in [3.8, 4) is 0 Å². The zero-order valence-electron chi connectivity index (χ0n) is 45.3. The summed E-state index contributed by atoms with van der Waals surface area (Å²) in [4.78, 5) is 38.2. The minimum absolute atomic E-state index is 0.0977. The second-order valence-corrected chi connectivity index (χ2v) is 19.2. The first-order chi connectivity index (χ1) is 34.0. The average Bonchev–Trinajstić information content (AvgIpc) is 3.35. The molecule has 0 aliphatic carbocycles. The van der Waals surface area contributed by atoms with E-state index in [-0.39, 0.29) is 37.5 Å². The van der Waals surface area contributed by atoms with Gasteiger partial charge in [-0.1, -0.05) is 234 Å². The summed E-state index contributed by atoms with van der Waals surface area (Å²) in [7, 11) is 0. The van der Waals surface area contributed by atoms with Gasteiger partial charge in [-0.3, -0.25) is 14.4 Å². The monoisotopic (exact) mass is 961 g/mol. The fourth-order valence-corrected chi connectivity index (χ4v) is 8.00. The van der Waals surface area contributed by atoms with E-state index in [2.05, 4.69) is 106 Å². The summed E-state index contributed by atoms with van der Waals surface area (Å²) in [5.41, 5.74) is 0. The topological polar surface area (TPSA) is 78.9 Å². The molecule has 1 atom stereocenters. The minimum Gasteiger partial charge on any atom is -0.462 e. The van der Waals surface area contributed by atoms with Crippen LogP contribution in [0.1, 0.15) is 278 Å². The molecule has 0 aliphatic rings. The quantitative estimate of drug-likeness (QED) is 0.0262. The number of hydrogen-bond acceptors (Lipinski definition) is 6. The zero-order valence-corrected chi connectivity index (χ0v) is 45.3. The molecule has 0 aromatic rings. The van der Waals surface area contributed by atoms with Gasteiger partial charge in [0.05, 0.1) is 0 Å². The van der Waals surface area contributed by atoms with E-state index in [4.69, 9.17) is 14.2 Å². The molecular formula is C63H108O6. The molecule has 0 saturated carbocycles. The predicted molar refractivity (Wildman–Crippen MR) is 297 cm³/mol. The highest BCUT2D eigenvalue weighted by molar-refractivity contribution is 5.71. The summed E-state index contributed by atoms with van der Waals surface area (Å²) in [5, 5.41) is 0. The number of ether oxygens (including phenoxy) is 3. The van der Waals surface area contributed by atoms with Gasteiger partial charge < -0.3 is 14.2 Å². The van der Waals surface area contributed by atoms with Gasteiger partial charge >= 0.3 is 17.9 Å². The maximum atomic E-state index is 12.9. The predicted octanol–water partition coefficient (Wildman–Crippen LogP) is 19.5. The molecular weight excluding hydrogens is 853 g/mol. The van der Waals surface area contributed by atoms with Crippen molar-refractivity contribution in [2.24, 2.45) is 0 Å². The van der Waals surface area contributed by atoms with E-state index in [0.29, 0.717) is 19.3 Å². The fourth-order valence-electron chi connectivity index (χ4n) is 8.00. The van der Waals surface area contributed by atoms with Gasteiger partial charge in [0.2, 0.25) is 0 Å². The Kier molecular flexibility index (Phi) is 54.3. The molecule has 0 amide bonds. The van der Waals surface area contributed by atoms with Crippen LogP contribution in [0.2, 0.25) is 0 Å². The van der Waals surface area contributed by atoms with Crippen LogP contribution in [0.4, 0.5) is 0 Å². The highest BCUT2D eigenvalue weighted by Crippen LogP contribution is 2.15. The van der Waals surface area contributed by atoms with Gasteiger partial charge in [0, 0.05) is 19.3 Å². The standard InChI is InChI=1S/C63H108O6/c1-4-7-10-13-16-19-22-25-28-31-34-37-40-43-46-49-52-55-61(64)67-58-60(69-63(66)57-54-51-48-45-42-39-36-33-30-27-24-21-18-15-12-9-6-3)59-68-62(65)56-53-50-47-44-41-38-35-32-29-26-23-20-17-14-11-8-5-2/h7,10,16,19,25-30,34,37,43,46,60H,4-6,8-9,11-15,17-18,20-24,31-33,35-36,38-42,44-45,47-59H2,1-3H3/b10-7+,19-16+,28-25+,29-26+,30-27+,37-34+,46-43+/t60-/m0/s1. The summed E-state index contributed by atoms with van der Waals surface area (Å²) < 4.78 is 16.8. The van der Waals surface area contributed by atoms with Crippen molar-refractivity contribution >= 4 is 17.9 Å². The van der Waals surface area contributed by atoms with Crippen LogP contribution in [-0.4, -0.2) is 37.2 Å². The van der Waals surface area contributed by atoms with Crippen molar-refractivity contribution in [2.75, 3.05) is 13.2 Å². The fraction of sp³-hybridized carbons (Fsp3) is 0.730. The SMILES string of the molecule is CC/C=C/C/C=C/C/C=C/C/C=C/C/C=C/CCCC(=O)OC[C@@H](COC(=O)CCCCCCCCC/C=C/CCCCCCCC)OC(=O)CCCCCCCCC/C=C/CCCCCCCC. The van der Waals surface area contributed by atoms with Crippen molar-refractivity contribution in [2.45, 2.75) is 284 Å². The zero-order chi connectivity index (χ0) is 50.0. The van der Waals surface area contributed by atoms with E-state index in [0.717, 1.165) is 77.0 Å². The van der Waals surface area contributed by atoms with Crippen LogP contribution < -0.4 is 0 Å². The Hall–Kier alpha value is -3.41. The highest BCUT2D eigenvalue weighted by Gasteiger charge is 2.19. The molecule has 6 heteroatoms. The maximum Gasteiger partial charge on any atom is 0.306 e. The number of carbonyl (C=O) groups is 3. The lowest BCUT2D eigenvalue weighted by Gasteiger charge is -2.18. The molecule has 69 heavy (non-hydrogen) atoms. The highest BCUT2D eigenvalue weighted by atomic mass is 16.6. The van der Waals surface area contributed by atoms with E-state index in [1.807, 2.05) is 0 Å². The molecule has 0 bridgehead atoms. The van der Waals surface area contributed by atoms with Gasteiger partial charge in [0.25, 0.3) is 0 Å². The first kappa shape index (κ1) is 65.6. The van der Waals surface area contributed by atoms with Gasteiger partial charge in [0.1, 0.15) is 13.2 Å². The van der Waals surface area contributed by atoms with Crippen LogP contribution in [0.15, 0.2) is 85.1 Å². The van der Waals surface area contributed by atoms with Crippen molar-refractivity contribution in [1.29, 1.82) is 0 Å². The van der Waals surface area contributed by atoms with Gasteiger partial charge in [-0.15, -0.1) is 0 Å². The molecule has 0 fully saturated rings. The number of carbonyl (C=O) groups excluding carboxylic acids is 3. The molecule has 0 saturated heterocycles. The lowest BCUT2D eigenvalue weighted by atomic mass is 10.1. The number of allylic oxidation sites excluding steroid dienone is 14. The third-order valence-corrected chi connectivity index (χ3v) is 12.4. The molecule has 0 heterocycles. The number of unbranched alkanes of at least 4 members (excludes halogenated alkanes) is 27. The Morgan fingerprint density at radius 3 is 0.957 bits per heavy atom. The van der Waals surface area contributed by atoms with Crippen molar-refractivity contribution in [3.05, 3.63) is 85.1 Å². The van der Waals surface area contributed by atoms with Crippen LogP contribution in [-0.2, 0) is 28.6 Å². The average molecular weight is 962 g/mol. The van der Waals surface area contributed by atoms with Gasteiger partial charge in [-0.05, 0) is 109 Å². The smallest absolute Gasteiger partial charge is 0.306 e. The molecule has 0 aromatic heterocycles. The van der Waals surface area contributed by atoms with Crippen LogP contribution in [0.25, 0.3) is 0 Å². The van der Waals surface area contributed by atoms with E-state index in [9.17, 15) is 14.4 Å². The number of esters is 3. The third-order valence-electron chi connectivity index (χ3n) is 12.4. The molecule has 396 valence electrons. The molecule has 0 spiro atoms. The molecule has 0 unspecified atom stereocenters. The van der Waals surface area contributed by atoms with Crippen LogP contribution in [0.5, 0.6) is 0 Å². The lowest BCUT2D eigenvalue weighted by molar-refractivity contribution is -0.167. The molecule has 6 nitrogen and oxygen atoms in total. The molecule has 0 radical (unpaired) electrons. The largest absolute Gasteiger partial charge is 0.462 e. The molecule has 0 aliphatic heterocycles. The Morgan fingerprint density at radius 1 is 0.304 bits per heavy atom. The Morgan fingerprint density at radius 2 is 0.580 bits per heavy atom. The van der Waals surface area contributed by atoms with Crippen LogP contribution in [0, 0.1) is 0 Å². The van der Waals surface area contributed by atoms with Crippen LogP contribution in [0.3, 0.4) is 0 Å². The first-order valence-electron chi connectivity index (χ1n) is 29.1. The summed E-state index contributed by atoms with van der Waals surface area (Å²) in [6, 6.07) is 0. The normalized spacial score (nSPS) is 12.7. The van der Waals surface area contributed by atoms with Gasteiger partial charge in [-0.25, -0.2) is 0 Å². The lowest BCUT2D eigenvalue weighted by Crippen LogP contribution is -2.30. The van der Waals surface area contributed by atoms with Crippen molar-refractivity contribution in [1.82, 2.24) is 0 Å². The summed E-state index contributed by atoms with van der Waals surface area (Å²) >= 11 is 0. The Labute approximate surface area is 426 Å². The van der Waals surface area contributed by atoms with Gasteiger partial charge in [0.15, 0.2) is 6.10 Å². The summed E-state index contributed by atoms with van der Waals surface area (Å²) in [6.07, 6.45) is 74.3. The van der Waals surface area contributed by atoms with E-state index >= 15 is 0 Å². The Balaban J connectivity index is 4.47. The number of rotatable bonds is 52. The van der Waals surface area contributed by atoms with Crippen molar-refractivity contribution in [3.63, 3.8) is 0 Å². The summed E-state index contributed by atoms with van der Waals surface area (Å²) in [5.74, 6) is -0.960. The van der Waals surface area contributed by atoms with E-state index in [1.54, 1.807) is 0 Å². The van der Waals surface area contributed by atoms with Gasteiger partial charge in [-0.2, -0.15) is 0 Å². The van der Waals surface area contributed by atoms with E-state index in [1.165, 1.54) is 154 Å². The van der Waals surface area contributed by atoms with Crippen molar-refractivity contribution < 1.29 is 28.6 Å². The minimum atomic E-state index is -0.804. The maximum absolute atomic E-state index is 12.9. The first-order valence-corrected chi connectivity index (χ1v) is 29.1. The number of hydrogen-bond donors (Lipinski definition) is 0.